The van der Waals surface area contributed by atoms with Crippen molar-refractivity contribution in [3.63, 3.8) is 0 Å². The Bertz CT molecular complexity index is 465. The maximum atomic E-state index is 11.6. The van der Waals surface area contributed by atoms with Gasteiger partial charge in [-0.25, -0.2) is 0 Å². The average Bonchev–Trinajstić information content (AvgIpc) is 2.42. The molecule has 0 heterocycles. The van der Waals surface area contributed by atoms with E-state index in [1.54, 1.807) is 0 Å². The topological polar surface area (TPSA) is 127 Å². The molecule has 0 bridgehead atoms. The van der Waals surface area contributed by atoms with Crippen LogP contribution in [0.3, 0.4) is 0 Å². The van der Waals surface area contributed by atoms with Gasteiger partial charge in [0.15, 0.2) is 11.5 Å². The number of esters is 1. The predicted octanol–water partition coefficient (Wildman–Crippen LogP) is 1.34. The molecule has 2 unspecified atom stereocenters. The Morgan fingerprint density at radius 3 is 2.12 bits per heavy atom. The van der Waals surface area contributed by atoms with Crippen molar-refractivity contribution in [2.45, 2.75) is 70.3 Å². The third kappa shape index (κ3) is 13.7. The molecule has 0 saturated carbocycles. The van der Waals surface area contributed by atoms with Crippen LogP contribution in [0.5, 0.6) is 0 Å². The Balaban J connectivity index is 0. The second-order valence-corrected chi connectivity index (χ2v) is 6.84. The van der Waals surface area contributed by atoms with Gasteiger partial charge >= 0.3 is 63.3 Å². The second-order valence-electron chi connectivity index (χ2n) is 5.24. The number of carboxylic acids is 1. The first-order chi connectivity index (χ1) is 10.7. The van der Waals surface area contributed by atoms with E-state index in [1.807, 2.05) is 0 Å². The van der Waals surface area contributed by atoms with Gasteiger partial charge in [0, 0.05) is 0 Å². The van der Waals surface area contributed by atoms with Crippen LogP contribution in [-0.4, -0.2) is 99.5 Å². The minimum absolute atomic E-state index is 0. The number of unbranched alkanes of at least 4 members (excludes halogenated alkanes) is 5. The summed E-state index contributed by atoms with van der Waals surface area (Å²) in [6, 6.07) is 0. The van der Waals surface area contributed by atoms with Gasteiger partial charge in [0.05, 0.1) is 13.0 Å². The number of carbonyl (C=O) groups excluding carboxylic acids is 1. The molecule has 0 aliphatic carbocycles. The molecule has 0 amide bonds. The van der Waals surface area contributed by atoms with E-state index in [-0.39, 0.29) is 51.4 Å². The normalized spacial score (nSPS) is 13.6. The third-order valence-corrected chi connectivity index (χ3v) is 4.19. The fraction of sp³-hybridized carbons (Fsp3) is 0.857. The van der Waals surface area contributed by atoms with Crippen LogP contribution in [-0.2, 0) is 29.2 Å². The molecule has 10 heteroatoms. The van der Waals surface area contributed by atoms with Gasteiger partial charge in [0.2, 0.25) is 0 Å². The molecular weight excluding hydrogens is 367 g/mol. The number of hydrogen-bond acceptors (Lipinski definition) is 6. The number of carbonyl (C=O) groups is 2. The van der Waals surface area contributed by atoms with Crippen molar-refractivity contribution in [3.8, 4) is 0 Å². The van der Waals surface area contributed by atoms with Crippen molar-refractivity contribution < 1.29 is 37.1 Å². The Kier molecular flexibility index (Phi) is 16.2. The molecule has 0 rings (SSSR count). The summed E-state index contributed by atoms with van der Waals surface area (Å²) in [7, 11) is -4.85. The molecule has 138 valence electrons. The Morgan fingerprint density at radius 1 is 1.08 bits per heavy atom. The summed E-state index contributed by atoms with van der Waals surface area (Å²) >= 11 is 0. The minimum atomic E-state index is -4.85. The van der Waals surface area contributed by atoms with E-state index >= 15 is 0 Å². The molecule has 8 nitrogen and oxygen atoms in total. The number of hydrogen-bond donors (Lipinski definition) is 2. The Labute approximate surface area is 185 Å². The van der Waals surface area contributed by atoms with Crippen LogP contribution in [0.25, 0.3) is 0 Å². The van der Waals surface area contributed by atoms with Crippen molar-refractivity contribution in [1.29, 1.82) is 0 Å². The molecule has 24 heavy (non-hydrogen) atoms. The molecule has 0 aromatic rings. The van der Waals surface area contributed by atoms with Crippen LogP contribution in [0.4, 0.5) is 0 Å². The standard InChI is InChI=1S/C14H26O8S.K.H/c1-3-4-5-6-7-8-9-21-11(2)22-14(17)12(10-13(15)16)23(18,19)20;;/h11-12H,3-10H2,1-2H3,(H,15,16)(H,18,19,20);;. The molecule has 0 saturated heterocycles. The first kappa shape index (κ1) is 26.7. The monoisotopic (exact) mass is 394 g/mol. The van der Waals surface area contributed by atoms with E-state index in [0.717, 1.165) is 32.1 Å². The van der Waals surface area contributed by atoms with Gasteiger partial charge in [-0.05, 0) is 13.3 Å². The summed E-state index contributed by atoms with van der Waals surface area (Å²) in [5, 5.41) is 6.42. The molecule has 0 radical (unpaired) electrons. The zero-order valence-corrected chi connectivity index (χ0v) is 14.4. The van der Waals surface area contributed by atoms with Gasteiger partial charge in [-0.3, -0.25) is 14.1 Å². The molecule has 2 atom stereocenters. The van der Waals surface area contributed by atoms with E-state index in [2.05, 4.69) is 6.92 Å². The van der Waals surface area contributed by atoms with Crippen LogP contribution in [0.15, 0.2) is 0 Å². The number of carboxylic acid groups (broad SMARTS) is 1. The molecule has 0 aliphatic rings. The van der Waals surface area contributed by atoms with Gasteiger partial charge in [-0.2, -0.15) is 8.42 Å². The number of ether oxygens (including phenoxy) is 2. The van der Waals surface area contributed by atoms with Gasteiger partial charge < -0.3 is 14.6 Å². The molecule has 0 aromatic carbocycles. The van der Waals surface area contributed by atoms with E-state index in [9.17, 15) is 18.0 Å². The molecular formula is C14H27KO8S. The molecule has 0 fully saturated rings. The summed E-state index contributed by atoms with van der Waals surface area (Å²) in [6.45, 7) is 3.87. The fourth-order valence-electron chi connectivity index (χ4n) is 1.87. The number of aliphatic carboxylic acids is 1. The van der Waals surface area contributed by atoms with Gasteiger partial charge in [0.1, 0.15) is 0 Å². The van der Waals surface area contributed by atoms with Crippen molar-refractivity contribution in [2.24, 2.45) is 0 Å². The summed E-state index contributed by atoms with van der Waals surface area (Å²) in [5.74, 6) is -2.88. The third-order valence-electron chi connectivity index (χ3n) is 3.12. The van der Waals surface area contributed by atoms with Crippen LogP contribution in [0.1, 0.15) is 58.8 Å². The zero-order valence-electron chi connectivity index (χ0n) is 13.6. The van der Waals surface area contributed by atoms with E-state index in [0.29, 0.717) is 6.61 Å². The van der Waals surface area contributed by atoms with Crippen LogP contribution < -0.4 is 0 Å². The van der Waals surface area contributed by atoms with Crippen LogP contribution in [0, 0.1) is 0 Å². The first-order valence-corrected chi connectivity index (χ1v) is 9.19. The van der Waals surface area contributed by atoms with Gasteiger partial charge in [-0.15, -0.1) is 0 Å². The summed E-state index contributed by atoms with van der Waals surface area (Å²) < 4.78 is 40.9. The van der Waals surface area contributed by atoms with E-state index < -0.39 is 40.0 Å². The average molecular weight is 395 g/mol. The van der Waals surface area contributed by atoms with E-state index in [4.69, 9.17) is 19.1 Å². The number of rotatable bonds is 13. The molecule has 2 N–H and O–H groups in total. The van der Waals surface area contributed by atoms with Crippen molar-refractivity contribution in [1.82, 2.24) is 0 Å². The summed E-state index contributed by atoms with van der Waals surface area (Å²) in [4.78, 5) is 22.2. The quantitative estimate of drug-likeness (QED) is 0.157. The SMILES string of the molecule is CCCCCCCCOC(C)OC(=O)C(CC(=O)O)S(=O)(=O)O.[KH]. The van der Waals surface area contributed by atoms with Crippen LogP contribution in [0.2, 0.25) is 0 Å². The molecule has 0 aromatic heterocycles. The zero-order chi connectivity index (χ0) is 17.9. The van der Waals surface area contributed by atoms with E-state index in [1.165, 1.54) is 13.3 Å². The van der Waals surface area contributed by atoms with Gasteiger partial charge in [0.25, 0.3) is 10.1 Å². The second kappa shape index (κ2) is 14.6. The Hall–Kier alpha value is 0.446. The molecule has 0 aliphatic heterocycles. The fourth-order valence-corrected chi connectivity index (χ4v) is 2.53. The van der Waals surface area contributed by atoms with Crippen molar-refractivity contribution in [2.75, 3.05) is 6.61 Å². The summed E-state index contributed by atoms with van der Waals surface area (Å²) in [6.07, 6.45) is 4.28. The molecule has 0 spiro atoms. The Morgan fingerprint density at radius 2 is 1.62 bits per heavy atom. The van der Waals surface area contributed by atoms with Crippen LogP contribution >= 0.6 is 0 Å². The van der Waals surface area contributed by atoms with Crippen molar-refractivity contribution >= 4 is 73.4 Å². The van der Waals surface area contributed by atoms with Gasteiger partial charge in [-0.1, -0.05) is 39.0 Å². The first-order valence-electron chi connectivity index (χ1n) is 7.68. The predicted molar refractivity (Wildman–Crippen MR) is 89.6 cm³/mol. The summed E-state index contributed by atoms with van der Waals surface area (Å²) in [5.41, 5.74) is 0. The maximum absolute atomic E-state index is 11.6. The van der Waals surface area contributed by atoms with Crippen molar-refractivity contribution in [3.05, 3.63) is 0 Å².